The first-order valence-corrected chi connectivity index (χ1v) is 14.9. The Bertz CT molecular complexity index is 1490. The number of hydrogen-bond donors (Lipinski definition) is 2. The average molecular weight is 598 g/mol. The quantitative estimate of drug-likeness (QED) is 0.266. The van der Waals surface area contributed by atoms with Crippen molar-refractivity contribution in [2.24, 2.45) is 22.6 Å². The molecule has 0 bridgehead atoms. The summed E-state index contributed by atoms with van der Waals surface area (Å²) in [5, 5.41) is 3.04. The van der Waals surface area contributed by atoms with Gasteiger partial charge in [-0.15, -0.1) is 0 Å². The van der Waals surface area contributed by atoms with Gasteiger partial charge < -0.3 is 25.3 Å². The van der Waals surface area contributed by atoms with Gasteiger partial charge in [-0.1, -0.05) is 78.9 Å². The third-order valence-corrected chi connectivity index (χ3v) is 6.83. The Kier molecular flexibility index (Phi) is 10.1. The maximum atomic E-state index is 13.7. The summed E-state index contributed by atoms with van der Waals surface area (Å²) in [6.07, 6.45) is 1.71. The van der Waals surface area contributed by atoms with Crippen LogP contribution in [-0.2, 0) is 27.3 Å². The normalized spacial score (nSPS) is 17.5. The fourth-order valence-corrected chi connectivity index (χ4v) is 5.01. The van der Waals surface area contributed by atoms with Gasteiger partial charge in [0.2, 0.25) is 0 Å². The van der Waals surface area contributed by atoms with Crippen LogP contribution in [0.15, 0.2) is 96.0 Å². The van der Waals surface area contributed by atoms with E-state index in [1.807, 2.05) is 91.0 Å². The lowest BCUT2D eigenvalue weighted by molar-refractivity contribution is -0.158. The number of esters is 1. The minimum absolute atomic E-state index is 0.101. The van der Waals surface area contributed by atoms with E-state index in [0.29, 0.717) is 24.5 Å². The molecule has 8 nitrogen and oxygen atoms in total. The maximum Gasteiger partial charge on any atom is 0.407 e. The van der Waals surface area contributed by atoms with Gasteiger partial charge >= 0.3 is 12.1 Å². The molecule has 3 aromatic carbocycles. The van der Waals surface area contributed by atoms with Crippen LogP contribution in [0.4, 0.5) is 4.79 Å². The van der Waals surface area contributed by atoms with Crippen molar-refractivity contribution in [3.05, 3.63) is 108 Å². The summed E-state index contributed by atoms with van der Waals surface area (Å²) < 4.78 is 17.7. The molecular weight excluding hydrogens is 554 g/mol. The van der Waals surface area contributed by atoms with Crippen LogP contribution in [-0.4, -0.2) is 35.1 Å². The Labute approximate surface area is 260 Å². The fraction of sp³-hybridized carbons (Fsp3) is 0.361. The molecule has 1 amide bonds. The van der Waals surface area contributed by atoms with Crippen LogP contribution in [0.2, 0.25) is 0 Å². The lowest BCUT2D eigenvalue weighted by Gasteiger charge is -2.35. The van der Waals surface area contributed by atoms with E-state index >= 15 is 0 Å². The van der Waals surface area contributed by atoms with Crippen LogP contribution < -0.4 is 15.8 Å². The number of para-hydroxylation sites is 1. The number of nitrogens with two attached hydrogens (primary N) is 1. The molecule has 3 N–H and O–H groups in total. The molecule has 1 heterocycles. The third kappa shape index (κ3) is 9.20. The van der Waals surface area contributed by atoms with Gasteiger partial charge in [-0.2, -0.15) is 0 Å². The summed E-state index contributed by atoms with van der Waals surface area (Å²) in [5.41, 5.74) is 8.41. The molecular formula is C36H43N3O5. The molecule has 3 aromatic rings. The number of aliphatic imine (C=N–C) groups is 1. The van der Waals surface area contributed by atoms with Crippen LogP contribution >= 0.6 is 0 Å². The lowest BCUT2D eigenvalue weighted by atomic mass is 9.79. The van der Waals surface area contributed by atoms with Crippen LogP contribution in [0.5, 0.6) is 5.75 Å². The zero-order valence-electron chi connectivity index (χ0n) is 26.4. The van der Waals surface area contributed by atoms with E-state index in [9.17, 15) is 9.59 Å². The summed E-state index contributed by atoms with van der Waals surface area (Å²) in [6, 6.07) is 26.6. The van der Waals surface area contributed by atoms with Gasteiger partial charge in [-0.3, -0.25) is 4.79 Å². The first-order valence-electron chi connectivity index (χ1n) is 14.9. The Morgan fingerprint density at radius 2 is 1.39 bits per heavy atom. The predicted molar refractivity (Wildman–Crippen MR) is 173 cm³/mol. The van der Waals surface area contributed by atoms with Gasteiger partial charge in [-0.25, -0.2) is 9.79 Å². The largest absolute Gasteiger partial charge is 0.488 e. The van der Waals surface area contributed by atoms with Crippen LogP contribution in [0, 0.1) is 11.8 Å². The van der Waals surface area contributed by atoms with Crippen LogP contribution in [0.3, 0.4) is 0 Å². The Morgan fingerprint density at radius 3 is 2.00 bits per heavy atom. The van der Waals surface area contributed by atoms with Gasteiger partial charge in [0, 0.05) is 17.5 Å². The number of ether oxygens (including phenoxy) is 3. The standard InChI is InChI=1S/C36H43N3O5/c1-35(2,3)43-33(40)31-27(28(21-24-15-9-7-10-16-24)39-34(41)44-36(4,5)6)22-29(38-32(31)37)26-19-13-14-20-30(26)42-23-25-17-11-8-12-18-25/h7-20,22,27-28,31H,21,23H2,1-6H3,(H2,37,38)(H,39,41). The van der Waals surface area contributed by atoms with Crippen molar-refractivity contribution < 1.29 is 23.8 Å². The van der Waals surface area contributed by atoms with Crippen molar-refractivity contribution in [2.75, 3.05) is 0 Å². The van der Waals surface area contributed by atoms with Crippen molar-refractivity contribution >= 4 is 23.6 Å². The maximum absolute atomic E-state index is 13.7. The van der Waals surface area contributed by atoms with Crippen molar-refractivity contribution in [3.8, 4) is 5.75 Å². The van der Waals surface area contributed by atoms with E-state index < -0.39 is 41.1 Å². The Morgan fingerprint density at radius 1 is 0.818 bits per heavy atom. The number of amides is 1. The SMILES string of the molecule is CC(C)(C)OC(=O)NC(Cc1ccccc1)C1C=C(c2ccccc2OCc2ccccc2)N=C(N)C1C(=O)OC(C)(C)C. The van der Waals surface area contributed by atoms with Gasteiger partial charge in [-0.05, 0) is 71.2 Å². The molecule has 4 rings (SSSR count). The minimum Gasteiger partial charge on any atom is -0.488 e. The van der Waals surface area contributed by atoms with Crippen molar-refractivity contribution in [2.45, 2.75) is 71.8 Å². The van der Waals surface area contributed by atoms with Crippen LogP contribution in [0.25, 0.3) is 5.70 Å². The van der Waals surface area contributed by atoms with Crippen molar-refractivity contribution in [1.82, 2.24) is 5.32 Å². The van der Waals surface area contributed by atoms with E-state index in [0.717, 1.165) is 16.7 Å². The second kappa shape index (κ2) is 13.8. The van der Waals surface area contributed by atoms with E-state index in [1.54, 1.807) is 41.5 Å². The predicted octanol–water partition coefficient (Wildman–Crippen LogP) is 6.69. The van der Waals surface area contributed by atoms with E-state index in [-0.39, 0.29) is 5.84 Å². The molecule has 1 aliphatic rings. The smallest absolute Gasteiger partial charge is 0.407 e. The van der Waals surface area contributed by atoms with Crippen molar-refractivity contribution in [1.29, 1.82) is 0 Å². The molecule has 0 saturated carbocycles. The Balaban J connectivity index is 1.77. The first kappa shape index (κ1) is 32.3. The number of rotatable bonds is 9. The van der Waals surface area contributed by atoms with E-state index in [1.165, 1.54) is 0 Å². The monoisotopic (exact) mass is 597 g/mol. The number of alkyl carbamates (subject to hydrolysis) is 1. The molecule has 8 heteroatoms. The molecule has 0 saturated heterocycles. The second-order valence-electron chi connectivity index (χ2n) is 12.9. The van der Waals surface area contributed by atoms with Crippen molar-refractivity contribution in [3.63, 3.8) is 0 Å². The van der Waals surface area contributed by atoms with E-state index in [2.05, 4.69) is 5.32 Å². The summed E-state index contributed by atoms with van der Waals surface area (Å²) in [6.45, 7) is 11.2. The number of nitrogens with one attached hydrogen (secondary N) is 1. The van der Waals surface area contributed by atoms with Gasteiger partial charge in [0.05, 0.1) is 5.70 Å². The highest BCUT2D eigenvalue weighted by Crippen LogP contribution is 2.36. The molecule has 0 aromatic heterocycles. The topological polar surface area (TPSA) is 112 Å². The highest BCUT2D eigenvalue weighted by Gasteiger charge is 2.42. The number of amidine groups is 1. The summed E-state index contributed by atoms with van der Waals surface area (Å²) >= 11 is 0. The number of nitrogens with zero attached hydrogens (tertiary/aromatic N) is 1. The molecule has 1 aliphatic heterocycles. The first-order chi connectivity index (χ1) is 20.8. The number of carbonyl (C=O) groups is 2. The summed E-state index contributed by atoms with van der Waals surface area (Å²) in [4.78, 5) is 31.6. The van der Waals surface area contributed by atoms with E-state index in [4.69, 9.17) is 24.9 Å². The number of hydrogen-bond acceptors (Lipinski definition) is 7. The molecule has 3 atom stereocenters. The summed E-state index contributed by atoms with van der Waals surface area (Å²) in [5.74, 6) is -1.36. The molecule has 0 fully saturated rings. The third-order valence-electron chi connectivity index (χ3n) is 6.83. The van der Waals surface area contributed by atoms with Gasteiger partial charge in [0.25, 0.3) is 0 Å². The molecule has 0 radical (unpaired) electrons. The van der Waals surface area contributed by atoms with Gasteiger partial charge in [0.15, 0.2) is 0 Å². The molecule has 232 valence electrons. The highest BCUT2D eigenvalue weighted by atomic mass is 16.6. The molecule has 3 unspecified atom stereocenters. The average Bonchev–Trinajstić information content (AvgIpc) is 2.94. The zero-order valence-corrected chi connectivity index (χ0v) is 26.4. The van der Waals surface area contributed by atoms with Crippen LogP contribution in [0.1, 0.15) is 58.2 Å². The highest BCUT2D eigenvalue weighted by molar-refractivity contribution is 6.04. The minimum atomic E-state index is -0.945. The molecule has 0 aliphatic carbocycles. The number of benzene rings is 3. The Hall–Kier alpha value is -4.59. The summed E-state index contributed by atoms with van der Waals surface area (Å²) in [7, 11) is 0. The lowest BCUT2D eigenvalue weighted by Crippen LogP contribution is -2.51. The zero-order chi connectivity index (χ0) is 31.9. The fourth-order valence-electron chi connectivity index (χ4n) is 5.01. The molecule has 0 spiro atoms. The van der Waals surface area contributed by atoms with Gasteiger partial charge in [0.1, 0.15) is 35.3 Å². The molecule has 44 heavy (non-hydrogen) atoms. The second-order valence-corrected chi connectivity index (χ2v) is 12.9. The number of carbonyl (C=O) groups excluding carboxylic acids is 2.